The Bertz CT molecular complexity index is 791. The van der Waals surface area contributed by atoms with Gasteiger partial charge in [0.25, 0.3) is 0 Å². The van der Waals surface area contributed by atoms with E-state index in [1.165, 1.54) is 0 Å². The molecule has 7 heteroatoms. The van der Waals surface area contributed by atoms with Crippen LogP contribution in [0.3, 0.4) is 0 Å². The fraction of sp³-hybridized carbons (Fsp3) is 0.300. The molecule has 0 saturated carbocycles. The van der Waals surface area contributed by atoms with Crippen molar-refractivity contribution in [3.63, 3.8) is 0 Å². The van der Waals surface area contributed by atoms with Crippen LogP contribution in [0.1, 0.15) is 18.5 Å². The van der Waals surface area contributed by atoms with E-state index in [1.807, 2.05) is 61.5 Å². The Labute approximate surface area is 158 Å². The second-order valence-corrected chi connectivity index (χ2v) is 6.45. The second kappa shape index (κ2) is 8.44. The third-order valence-electron chi connectivity index (χ3n) is 4.42. The number of benzene rings is 2. The van der Waals surface area contributed by atoms with E-state index in [0.717, 1.165) is 11.3 Å². The molecule has 0 bridgehead atoms. The van der Waals surface area contributed by atoms with E-state index in [2.05, 4.69) is 16.0 Å². The van der Waals surface area contributed by atoms with Gasteiger partial charge in [-0.3, -0.25) is 0 Å². The second-order valence-electron chi connectivity index (χ2n) is 6.45. The number of carbonyl (C=O) groups excluding carboxylic acids is 2. The molecule has 1 saturated heterocycles. The minimum absolute atomic E-state index is 0.0367. The van der Waals surface area contributed by atoms with E-state index in [4.69, 9.17) is 4.74 Å². The van der Waals surface area contributed by atoms with Gasteiger partial charge < -0.3 is 25.6 Å². The number of hydrogen-bond acceptors (Lipinski definition) is 3. The molecule has 2 aromatic rings. The Morgan fingerprint density at radius 2 is 1.74 bits per heavy atom. The Balaban J connectivity index is 1.56. The van der Waals surface area contributed by atoms with Crippen LogP contribution in [0.5, 0.6) is 11.5 Å². The molecular formula is C20H24N4O3. The Kier molecular flexibility index (Phi) is 5.80. The first-order valence-electron chi connectivity index (χ1n) is 8.92. The van der Waals surface area contributed by atoms with Crippen molar-refractivity contribution in [1.82, 2.24) is 20.9 Å². The summed E-state index contributed by atoms with van der Waals surface area (Å²) in [7, 11) is 1.59. The van der Waals surface area contributed by atoms with Crippen molar-refractivity contribution in [3.05, 3.63) is 60.2 Å². The SMILES string of the molecule is CNC(=O)N1CC(NC(=O)NC(C)c2ccccc2Oc2ccccc2)C1. The number of hydrogen-bond donors (Lipinski definition) is 3. The van der Waals surface area contributed by atoms with Gasteiger partial charge in [-0.2, -0.15) is 0 Å². The van der Waals surface area contributed by atoms with E-state index in [1.54, 1.807) is 11.9 Å². The van der Waals surface area contributed by atoms with Gasteiger partial charge >= 0.3 is 12.1 Å². The number of amides is 4. The highest BCUT2D eigenvalue weighted by Gasteiger charge is 2.31. The zero-order valence-electron chi connectivity index (χ0n) is 15.4. The first-order valence-corrected chi connectivity index (χ1v) is 8.92. The van der Waals surface area contributed by atoms with Gasteiger partial charge in [0, 0.05) is 25.7 Å². The standard InChI is InChI=1S/C20H24N4O3/c1-14(22-19(25)23-15-12-24(13-15)20(26)21-2)17-10-6-7-11-18(17)27-16-8-4-3-5-9-16/h3-11,14-15H,12-13H2,1-2H3,(H,21,26)(H2,22,23,25). The van der Waals surface area contributed by atoms with Crippen LogP contribution in [0.15, 0.2) is 54.6 Å². The minimum Gasteiger partial charge on any atom is -0.457 e. The molecule has 0 spiro atoms. The molecule has 3 N–H and O–H groups in total. The zero-order valence-corrected chi connectivity index (χ0v) is 15.4. The number of para-hydroxylation sites is 2. The quantitative estimate of drug-likeness (QED) is 0.759. The normalized spacial score (nSPS) is 14.7. The average molecular weight is 368 g/mol. The lowest BCUT2D eigenvalue weighted by Gasteiger charge is -2.39. The highest BCUT2D eigenvalue weighted by Crippen LogP contribution is 2.29. The predicted molar refractivity (Wildman–Crippen MR) is 103 cm³/mol. The predicted octanol–water partition coefficient (Wildman–Crippen LogP) is 2.86. The maximum atomic E-state index is 12.3. The first-order chi connectivity index (χ1) is 13.1. The van der Waals surface area contributed by atoms with Gasteiger partial charge in [-0.05, 0) is 25.1 Å². The zero-order chi connectivity index (χ0) is 19.2. The summed E-state index contributed by atoms with van der Waals surface area (Å²) in [5.41, 5.74) is 0.886. The summed E-state index contributed by atoms with van der Waals surface area (Å²) in [6.07, 6.45) is 0. The van der Waals surface area contributed by atoms with Crippen molar-refractivity contribution in [1.29, 1.82) is 0 Å². The molecule has 1 heterocycles. The fourth-order valence-electron chi connectivity index (χ4n) is 2.94. The van der Waals surface area contributed by atoms with E-state index < -0.39 is 0 Å². The van der Waals surface area contributed by atoms with Gasteiger partial charge in [0.05, 0.1) is 12.1 Å². The summed E-state index contributed by atoms with van der Waals surface area (Å²) in [6.45, 7) is 2.93. The summed E-state index contributed by atoms with van der Waals surface area (Å²) in [5, 5.41) is 8.38. The van der Waals surface area contributed by atoms with E-state index in [9.17, 15) is 9.59 Å². The van der Waals surface area contributed by atoms with Crippen LogP contribution in [0.25, 0.3) is 0 Å². The summed E-state index contributed by atoms with van der Waals surface area (Å²) in [6, 6.07) is 16.5. The number of carbonyl (C=O) groups is 2. The van der Waals surface area contributed by atoms with Crippen molar-refractivity contribution in [2.75, 3.05) is 20.1 Å². The topological polar surface area (TPSA) is 82.7 Å². The van der Waals surface area contributed by atoms with Crippen molar-refractivity contribution in [3.8, 4) is 11.5 Å². The molecule has 2 aromatic carbocycles. The molecule has 27 heavy (non-hydrogen) atoms. The summed E-state index contributed by atoms with van der Waals surface area (Å²) in [4.78, 5) is 25.3. The molecule has 0 aliphatic carbocycles. The van der Waals surface area contributed by atoms with Crippen LogP contribution in [0.4, 0.5) is 9.59 Å². The Morgan fingerprint density at radius 3 is 2.44 bits per heavy atom. The number of ether oxygens (including phenoxy) is 1. The van der Waals surface area contributed by atoms with Crippen molar-refractivity contribution < 1.29 is 14.3 Å². The number of nitrogens with zero attached hydrogens (tertiary/aromatic N) is 1. The lowest BCUT2D eigenvalue weighted by atomic mass is 10.1. The largest absolute Gasteiger partial charge is 0.457 e. The van der Waals surface area contributed by atoms with Crippen LogP contribution in [-0.4, -0.2) is 43.1 Å². The summed E-state index contributed by atoms with van der Waals surface area (Å²) >= 11 is 0. The smallest absolute Gasteiger partial charge is 0.317 e. The number of rotatable bonds is 5. The first kappa shape index (κ1) is 18.6. The maximum Gasteiger partial charge on any atom is 0.317 e. The Hall–Kier alpha value is -3.22. The third-order valence-corrected chi connectivity index (χ3v) is 4.42. The molecular weight excluding hydrogens is 344 g/mol. The highest BCUT2D eigenvalue weighted by molar-refractivity contribution is 5.77. The van der Waals surface area contributed by atoms with Gasteiger partial charge in [-0.15, -0.1) is 0 Å². The lowest BCUT2D eigenvalue weighted by molar-refractivity contribution is 0.140. The highest BCUT2D eigenvalue weighted by atomic mass is 16.5. The van der Waals surface area contributed by atoms with E-state index in [0.29, 0.717) is 18.8 Å². The summed E-state index contributed by atoms with van der Waals surface area (Å²) in [5.74, 6) is 1.44. The van der Waals surface area contributed by atoms with Gasteiger partial charge in [-0.25, -0.2) is 9.59 Å². The van der Waals surface area contributed by atoms with Crippen molar-refractivity contribution in [2.45, 2.75) is 19.0 Å². The lowest BCUT2D eigenvalue weighted by Crippen LogP contribution is -2.63. The molecule has 1 unspecified atom stereocenters. The Morgan fingerprint density at radius 1 is 1.07 bits per heavy atom. The minimum atomic E-state index is -0.265. The number of urea groups is 2. The molecule has 1 aliphatic rings. The van der Waals surface area contributed by atoms with E-state index >= 15 is 0 Å². The molecule has 142 valence electrons. The van der Waals surface area contributed by atoms with Crippen LogP contribution >= 0.6 is 0 Å². The van der Waals surface area contributed by atoms with Crippen molar-refractivity contribution in [2.24, 2.45) is 0 Å². The van der Waals surface area contributed by atoms with Gasteiger partial charge in [0.1, 0.15) is 11.5 Å². The van der Waals surface area contributed by atoms with Crippen molar-refractivity contribution >= 4 is 12.1 Å². The van der Waals surface area contributed by atoms with Gasteiger partial charge in [0.2, 0.25) is 0 Å². The van der Waals surface area contributed by atoms with Crippen LogP contribution in [0.2, 0.25) is 0 Å². The molecule has 0 aromatic heterocycles. The maximum absolute atomic E-state index is 12.3. The van der Waals surface area contributed by atoms with E-state index in [-0.39, 0.29) is 24.1 Å². The molecule has 7 nitrogen and oxygen atoms in total. The fourth-order valence-corrected chi connectivity index (χ4v) is 2.94. The molecule has 0 radical (unpaired) electrons. The molecule has 1 atom stereocenters. The summed E-state index contributed by atoms with van der Waals surface area (Å²) < 4.78 is 5.96. The van der Waals surface area contributed by atoms with Crippen LogP contribution in [0, 0.1) is 0 Å². The average Bonchev–Trinajstić information content (AvgIpc) is 2.65. The van der Waals surface area contributed by atoms with Gasteiger partial charge in [0.15, 0.2) is 0 Å². The third kappa shape index (κ3) is 4.69. The van der Waals surface area contributed by atoms with Crippen LogP contribution in [-0.2, 0) is 0 Å². The monoisotopic (exact) mass is 368 g/mol. The molecule has 1 aliphatic heterocycles. The van der Waals surface area contributed by atoms with Crippen LogP contribution < -0.4 is 20.7 Å². The molecule has 3 rings (SSSR count). The number of likely N-dealkylation sites (tertiary alicyclic amines) is 1. The van der Waals surface area contributed by atoms with Gasteiger partial charge in [-0.1, -0.05) is 36.4 Å². The molecule has 4 amide bonds. The molecule has 1 fully saturated rings. The number of nitrogens with one attached hydrogen (secondary N) is 3.